The fourth-order valence-electron chi connectivity index (χ4n) is 2.57. The van der Waals surface area contributed by atoms with Gasteiger partial charge < -0.3 is 15.5 Å². The second kappa shape index (κ2) is 7.03. The topological polar surface area (TPSA) is 87.5 Å². The molecule has 0 atom stereocenters. The van der Waals surface area contributed by atoms with Crippen LogP contribution in [0.15, 0.2) is 18.2 Å². The Hall–Kier alpha value is -2.15. The highest BCUT2D eigenvalue weighted by Gasteiger charge is 2.20. The van der Waals surface area contributed by atoms with E-state index in [9.17, 15) is 14.9 Å². The highest BCUT2D eigenvalue weighted by atomic mass is 16.6. The molecule has 114 valence electrons. The van der Waals surface area contributed by atoms with Gasteiger partial charge in [-0.25, -0.2) is 0 Å². The average Bonchev–Trinajstić information content (AvgIpc) is 2.99. The zero-order valence-electron chi connectivity index (χ0n) is 12.1. The lowest BCUT2D eigenvalue weighted by atomic mass is 10.1. The summed E-state index contributed by atoms with van der Waals surface area (Å²) < 4.78 is 0. The predicted octanol–water partition coefficient (Wildman–Crippen LogP) is 1.46. The summed E-state index contributed by atoms with van der Waals surface area (Å²) >= 11 is 0. The molecule has 2 rings (SSSR count). The van der Waals surface area contributed by atoms with Gasteiger partial charge in [0.05, 0.1) is 10.5 Å². The number of nitro benzene ring substituents is 1. The van der Waals surface area contributed by atoms with Gasteiger partial charge in [0.1, 0.15) is 5.69 Å². The van der Waals surface area contributed by atoms with E-state index in [1.54, 1.807) is 13.1 Å². The van der Waals surface area contributed by atoms with Gasteiger partial charge in [0.15, 0.2) is 0 Å². The van der Waals surface area contributed by atoms with Gasteiger partial charge in [-0.3, -0.25) is 14.9 Å². The molecule has 0 saturated carbocycles. The number of para-hydroxylation sites is 1. The number of anilines is 1. The fraction of sp³-hybridized carbons (Fsp3) is 0.500. The Labute approximate surface area is 123 Å². The van der Waals surface area contributed by atoms with Crippen LogP contribution in [0.1, 0.15) is 23.2 Å². The Bertz CT molecular complexity index is 527. The van der Waals surface area contributed by atoms with E-state index < -0.39 is 4.92 Å². The number of nitro groups is 1. The third-order valence-corrected chi connectivity index (χ3v) is 3.65. The maximum Gasteiger partial charge on any atom is 0.293 e. The van der Waals surface area contributed by atoms with Crippen LogP contribution in [0.4, 0.5) is 11.4 Å². The summed E-state index contributed by atoms with van der Waals surface area (Å²) in [5.41, 5.74) is 0.457. The van der Waals surface area contributed by atoms with Crippen LogP contribution >= 0.6 is 0 Å². The van der Waals surface area contributed by atoms with Gasteiger partial charge in [0, 0.05) is 26.2 Å². The molecule has 1 aromatic carbocycles. The number of carbonyl (C=O) groups excluding carboxylic acids is 1. The summed E-state index contributed by atoms with van der Waals surface area (Å²) in [7, 11) is 1.57. The van der Waals surface area contributed by atoms with Gasteiger partial charge in [0.2, 0.25) is 0 Å². The summed E-state index contributed by atoms with van der Waals surface area (Å²) in [5.74, 6) is -0.290. The largest absolute Gasteiger partial charge is 0.382 e. The van der Waals surface area contributed by atoms with E-state index in [2.05, 4.69) is 15.5 Å². The molecular weight excluding hydrogens is 272 g/mol. The quantitative estimate of drug-likeness (QED) is 0.612. The molecule has 7 nitrogen and oxygen atoms in total. The molecule has 1 aliphatic rings. The number of amides is 1. The van der Waals surface area contributed by atoms with Crippen molar-refractivity contribution >= 4 is 17.3 Å². The summed E-state index contributed by atoms with van der Waals surface area (Å²) in [5, 5.41) is 16.5. The minimum Gasteiger partial charge on any atom is -0.382 e. The van der Waals surface area contributed by atoms with Crippen LogP contribution in [0.3, 0.4) is 0 Å². The molecule has 1 heterocycles. The van der Waals surface area contributed by atoms with Crippen molar-refractivity contribution in [2.24, 2.45) is 0 Å². The Morgan fingerprint density at radius 1 is 1.38 bits per heavy atom. The number of nitrogens with one attached hydrogen (secondary N) is 2. The van der Waals surface area contributed by atoms with E-state index in [-0.39, 0.29) is 17.3 Å². The minimum absolute atomic E-state index is 0.0929. The molecule has 0 unspecified atom stereocenters. The van der Waals surface area contributed by atoms with Crippen LogP contribution < -0.4 is 10.6 Å². The van der Waals surface area contributed by atoms with Gasteiger partial charge in [-0.05, 0) is 32.0 Å². The molecule has 1 aliphatic heterocycles. The van der Waals surface area contributed by atoms with Gasteiger partial charge >= 0.3 is 0 Å². The minimum atomic E-state index is -0.493. The van der Waals surface area contributed by atoms with Crippen molar-refractivity contribution < 1.29 is 9.72 Å². The first kappa shape index (κ1) is 15.2. The van der Waals surface area contributed by atoms with Gasteiger partial charge in [0.25, 0.3) is 11.6 Å². The molecule has 0 bridgehead atoms. The van der Waals surface area contributed by atoms with Crippen molar-refractivity contribution in [3.63, 3.8) is 0 Å². The molecule has 0 spiro atoms. The first-order chi connectivity index (χ1) is 10.1. The maximum atomic E-state index is 12.2. The molecule has 1 aromatic rings. The number of rotatable bonds is 6. The van der Waals surface area contributed by atoms with Crippen LogP contribution in [0.5, 0.6) is 0 Å². The number of nitrogens with zero attached hydrogens (tertiary/aromatic N) is 2. The van der Waals surface area contributed by atoms with E-state index in [1.807, 2.05) is 0 Å². The fourth-order valence-corrected chi connectivity index (χ4v) is 2.57. The molecule has 0 aliphatic carbocycles. The average molecular weight is 292 g/mol. The zero-order chi connectivity index (χ0) is 15.2. The lowest BCUT2D eigenvalue weighted by molar-refractivity contribution is -0.384. The van der Waals surface area contributed by atoms with Crippen molar-refractivity contribution in [1.82, 2.24) is 10.2 Å². The monoisotopic (exact) mass is 292 g/mol. The molecule has 7 heteroatoms. The van der Waals surface area contributed by atoms with E-state index in [0.29, 0.717) is 12.1 Å². The predicted molar refractivity (Wildman–Crippen MR) is 80.7 cm³/mol. The van der Waals surface area contributed by atoms with Crippen LogP contribution in [-0.2, 0) is 0 Å². The van der Waals surface area contributed by atoms with E-state index in [1.165, 1.54) is 25.0 Å². The molecule has 0 radical (unpaired) electrons. The Balaban J connectivity index is 2.01. The van der Waals surface area contributed by atoms with Crippen LogP contribution in [-0.4, -0.2) is 49.0 Å². The SMILES string of the molecule is CNc1c(C(=O)NCCN2CCCC2)cccc1[N+](=O)[O-]. The van der Waals surface area contributed by atoms with Crippen molar-refractivity contribution in [3.8, 4) is 0 Å². The maximum absolute atomic E-state index is 12.2. The lowest BCUT2D eigenvalue weighted by Gasteiger charge is -2.15. The Morgan fingerprint density at radius 3 is 2.71 bits per heavy atom. The first-order valence-corrected chi connectivity index (χ1v) is 7.09. The van der Waals surface area contributed by atoms with E-state index in [0.717, 1.165) is 19.6 Å². The molecule has 2 N–H and O–H groups in total. The summed E-state index contributed by atoms with van der Waals surface area (Å²) in [6.07, 6.45) is 2.42. The number of benzene rings is 1. The first-order valence-electron chi connectivity index (χ1n) is 7.09. The molecule has 1 saturated heterocycles. The molecule has 21 heavy (non-hydrogen) atoms. The number of hydrogen-bond acceptors (Lipinski definition) is 5. The zero-order valence-corrected chi connectivity index (χ0v) is 12.1. The summed E-state index contributed by atoms with van der Waals surface area (Å²) in [6, 6.07) is 4.49. The summed E-state index contributed by atoms with van der Waals surface area (Å²) in [4.78, 5) is 25.0. The van der Waals surface area contributed by atoms with E-state index >= 15 is 0 Å². The molecule has 1 amide bonds. The third kappa shape index (κ3) is 3.69. The normalized spacial score (nSPS) is 14.9. The molecular formula is C14H20N4O3. The van der Waals surface area contributed by atoms with Crippen molar-refractivity contribution in [2.45, 2.75) is 12.8 Å². The molecule has 0 aromatic heterocycles. The molecule has 1 fully saturated rings. The van der Waals surface area contributed by atoms with Crippen molar-refractivity contribution in [2.75, 3.05) is 38.5 Å². The van der Waals surface area contributed by atoms with Crippen LogP contribution in [0, 0.1) is 10.1 Å². The second-order valence-electron chi connectivity index (χ2n) is 5.01. The Kier molecular flexibility index (Phi) is 5.10. The smallest absolute Gasteiger partial charge is 0.293 e. The van der Waals surface area contributed by atoms with Crippen LogP contribution in [0.2, 0.25) is 0 Å². The van der Waals surface area contributed by atoms with Gasteiger partial charge in [-0.2, -0.15) is 0 Å². The van der Waals surface area contributed by atoms with Gasteiger partial charge in [-0.1, -0.05) is 6.07 Å². The number of hydrogen-bond donors (Lipinski definition) is 2. The number of likely N-dealkylation sites (tertiary alicyclic amines) is 1. The third-order valence-electron chi connectivity index (χ3n) is 3.65. The van der Waals surface area contributed by atoms with Crippen molar-refractivity contribution in [3.05, 3.63) is 33.9 Å². The highest BCUT2D eigenvalue weighted by molar-refractivity contribution is 6.01. The lowest BCUT2D eigenvalue weighted by Crippen LogP contribution is -2.33. The highest BCUT2D eigenvalue weighted by Crippen LogP contribution is 2.27. The second-order valence-corrected chi connectivity index (χ2v) is 5.01. The van der Waals surface area contributed by atoms with E-state index in [4.69, 9.17) is 0 Å². The van der Waals surface area contributed by atoms with Gasteiger partial charge in [-0.15, -0.1) is 0 Å². The standard InChI is InChI=1S/C14H20N4O3/c1-15-13-11(5-4-6-12(13)18(20)21)14(19)16-7-10-17-8-2-3-9-17/h4-6,15H,2-3,7-10H2,1H3,(H,16,19). The number of carbonyl (C=O) groups is 1. The Morgan fingerprint density at radius 2 is 2.10 bits per heavy atom. The van der Waals surface area contributed by atoms with Crippen molar-refractivity contribution in [1.29, 1.82) is 0 Å². The van der Waals surface area contributed by atoms with Crippen LogP contribution in [0.25, 0.3) is 0 Å². The summed E-state index contributed by atoms with van der Waals surface area (Å²) in [6.45, 7) is 3.52.